The molecule has 8 heteroatoms. The highest BCUT2D eigenvalue weighted by Crippen LogP contribution is 2.31. The molecule has 1 atom stereocenters. The highest BCUT2D eigenvalue weighted by atomic mass is 19.3. The number of carbonyl (C=O) groups is 2. The summed E-state index contributed by atoms with van der Waals surface area (Å²) in [5, 5.41) is 5.46. The molecule has 3 N–H and O–H groups in total. The first kappa shape index (κ1) is 17.7. The van der Waals surface area contributed by atoms with Crippen LogP contribution in [0.2, 0.25) is 0 Å². The summed E-state index contributed by atoms with van der Waals surface area (Å²) in [6.45, 7) is 1.73. The van der Waals surface area contributed by atoms with Gasteiger partial charge in [-0.3, -0.25) is 9.59 Å². The van der Waals surface area contributed by atoms with E-state index in [9.17, 15) is 18.4 Å². The lowest BCUT2D eigenvalue weighted by atomic mass is 9.97. The van der Waals surface area contributed by atoms with Crippen molar-refractivity contribution in [2.45, 2.75) is 19.3 Å². The number of ether oxygens (including phenoxy) is 1. The second kappa shape index (κ2) is 7.29. The van der Waals surface area contributed by atoms with Gasteiger partial charge in [-0.05, 0) is 23.8 Å². The molecule has 0 bridgehead atoms. The lowest BCUT2D eigenvalue weighted by Crippen LogP contribution is -2.33. The van der Waals surface area contributed by atoms with Crippen LogP contribution < -0.4 is 15.4 Å². The fourth-order valence-electron chi connectivity index (χ4n) is 2.57. The van der Waals surface area contributed by atoms with Gasteiger partial charge in [-0.2, -0.15) is 8.78 Å². The van der Waals surface area contributed by atoms with Crippen LogP contribution in [0.4, 0.5) is 8.78 Å². The van der Waals surface area contributed by atoms with Crippen LogP contribution in [0.1, 0.15) is 28.9 Å². The number of H-pyrrole nitrogens is 1. The molecule has 0 spiro atoms. The van der Waals surface area contributed by atoms with Gasteiger partial charge in [0.1, 0.15) is 11.4 Å². The summed E-state index contributed by atoms with van der Waals surface area (Å²) < 4.78 is 29.9. The predicted molar refractivity (Wildman–Crippen MR) is 85.7 cm³/mol. The number of amides is 2. The van der Waals surface area contributed by atoms with Crippen molar-refractivity contribution in [2.75, 3.05) is 20.7 Å². The Labute approximate surface area is 137 Å². The number of halogens is 2. The minimum atomic E-state index is -3.07. The minimum Gasteiger partial charge on any atom is -0.497 e. The molecule has 0 saturated carbocycles. The van der Waals surface area contributed by atoms with Gasteiger partial charge in [0.05, 0.1) is 7.11 Å². The van der Waals surface area contributed by atoms with Gasteiger partial charge in [0.2, 0.25) is 0 Å². The Morgan fingerprint density at radius 3 is 2.62 bits per heavy atom. The Hall–Kier alpha value is -2.64. The predicted octanol–water partition coefficient (Wildman–Crippen LogP) is 2.02. The molecule has 2 rings (SSSR count). The number of methoxy groups -OCH3 is 1. The van der Waals surface area contributed by atoms with E-state index in [1.165, 1.54) is 14.2 Å². The number of hydrogen-bond acceptors (Lipinski definition) is 3. The van der Waals surface area contributed by atoms with Crippen LogP contribution in [-0.2, 0) is 4.79 Å². The van der Waals surface area contributed by atoms with Gasteiger partial charge in [0, 0.05) is 30.4 Å². The number of fused-ring (bicyclic) bond motifs is 1. The molecular formula is C16H19F2N3O3. The van der Waals surface area contributed by atoms with Gasteiger partial charge in [0.15, 0.2) is 0 Å². The summed E-state index contributed by atoms with van der Waals surface area (Å²) in [5.41, 5.74) is 1.69. The number of hydrogen-bond donors (Lipinski definition) is 3. The average molecular weight is 339 g/mol. The van der Waals surface area contributed by atoms with Crippen LogP contribution in [-0.4, -0.2) is 43.9 Å². The molecule has 6 nitrogen and oxygen atoms in total. The highest BCUT2D eigenvalue weighted by molar-refractivity contribution is 6.01. The summed E-state index contributed by atoms with van der Waals surface area (Å²) >= 11 is 0. The van der Waals surface area contributed by atoms with Crippen LogP contribution in [0.3, 0.4) is 0 Å². The maximum absolute atomic E-state index is 12.3. The lowest BCUT2D eigenvalue weighted by Gasteiger charge is -2.14. The van der Waals surface area contributed by atoms with Crippen LogP contribution in [0, 0.1) is 0 Å². The first-order valence-corrected chi connectivity index (χ1v) is 7.36. The first-order valence-electron chi connectivity index (χ1n) is 7.36. The van der Waals surface area contributed by atoms with Gasteiger partial charge in [0.25, 0.3) is 11.8 Å². The van der Waals surface area contributed by atoms with Crippen molar-refractivity contribution in [3.8, 4) is 5.75 Å². The second-order valence-corrected chi connectivity index (χ2v) is 5.35. The molecule has 0 radical (unpaired) electrons. The second-order valence-electron chi connectivity index (χ2n) is 5.35. The fraction of sp³-hybridized carbons (Fsp3) is 0.375. The van der Waals surface area contributed by atoms with E-state index in [0.717, 1.165) is 10.9 Å². The molecule has 2 amide bonds. The van der Waals surface area contributed by atoms with E-state index >= 15 is 0 Å². The lowest BCUT2D eigenvalue weighted by molar-refractivity contribution is -0.131. The summed E-state index contributed by atoms with van der Waals surface area (Å²) in [6.07, 6.45) is -3.07. The maximum atomic E-state index is 12.3. The smallest absolute Gasteiger partial charge is 0.315 e. The zero-order chi connectivity index (χ0) is 17.9. The zero-order valence-electron chi connectivity index (χ0n) is 13.6. The molecule has 130 valence electrons. The number of rotatable bonds is 6. The van der Waals surface area contributed by atoms with Crippen molar-refractivity contribution >= 4 is 22.7 Å². The van der Waals surface area contributed by atoms with Gasteiger partial charge >= 0.3 is 6.43 Å². The molecule has 2 aromatic rings. The normalized spacial score (nSPS) is 12.2. The monoisotopic (exact) mass is 339 g/mol. The number of benzene rings is 1. The molecule has 0 aliphatic heterocycles. The van der Waals surface area contributed by atoms with Crippen LogP contribution >= 0.6 is 0 Å². The summed E-state index contributed by atoms with van der Waals surface area (Å²) in [7, 11) is 3.03. The molecule has 0 unspecified atom stereocenters. The van der Waals surface area contributed by atoms with Crippen molar-refractivity contribution in [1.29, 1.82) is 0 Å². The topological polar surface area (TPSA) is 83.2 Å². The zero-order valence-corrected chi connectivity index (χ0v) is 13.6. The van der Waals surface area contributed by atoms with E-state index in [4.69, 9.17) is 4.74 Å². The summed E-state index contributed by atoms with van der Waals surface area (Å²) in [5.74, 6) is -1.41. The molecule has 24 heavy (non-hydrogen) atoms. The van der Waals surface area contributed by atoms with Gasteiger partial charge in [-0.15, -0.1) is 0 Å². The Kier molecular flexibility index (Phi) is 5.38. The van der Waals surface area contributed by atoms with Crippen molar-refractivity contribution in [2.24, 2.45) is 0 Å². The van der Waals surface area contributed by atoms with Crippen molar-refractivity contribution in [3.63, 3.8) is 0 Å². The average Bonchev–Trinajstić information content (AvgIpc) is 2.96. The van der Waals surface area contributed by atoms with Crippen LogP contribution in [0.25, 0.3) is 10.9 Å². The molecule has 0 fully saturated rings. The summed E-state index contributed by atoms with van der Waals surface area (Å²) in [6, 6.07) is 5.28. The highest BCUT2D eigenvalue weighted by Gasteiger charge is 2.23. The SMILES string of the molecule is CNC(=O)c1[nH]c2ccc(OC)cc2c1[C@H](C)CNC(=O)C(F)F. The summed E-state index contributed by atoms with van der Waals surface area (Å²) in [4.78, 5) is 26.2. The Morgan fingerprint density at radius 1 is 1.33 bits per heavy atom. The Bertz CT molecular complexity index is 758. The number of alkyl halides is 2. The Morgan fingerprint density at radius 2 is 2.04 bits per heavy atom. The molecule has 1 aromatic carbocycles. The number of carbonyl (C=O) groups excluding carboxylic acids is 2. The quantitative estimate of drug-likeness (QED) is 0.753. The van der Waals surface area contributed by atoms with E-state index in [0.29, 0.717) is 17.0 Å². The third-order valence-electron chi connectivity index (χ3n) is 3.77. The van der Waals surface area contributed by atoms with Gasteiger partial charge < -0.3 is 20.4 Å². The van der Waals surface area contributed by atoms with Crippen molar-refractivity contribution in [3.05, 3.63) is 29.5 Å². The molecule has 1 heterocycles. The van der Waals surface area contributed by atoms with Gasteiger partial charge in [-0.25, -0.2) is 0 Å². The number of aromatic nitrogens is 1. The van der Waals surface area contributed by atoms with Crippen molar-refractivity contribution < 1.29 is 23.1 Å². The van der Waals surface area contributed by atoms with Crippen molar-refractivity contribution in [1.82, 2.24) is 15.6 Å². The fourth-order valence-corrected chi connectivity index (χ4v) is 2.57. The molecule has 1 aromatic heterocycles. The van der Waals surface area contributed by atoms with E-state index < -0.39 is 12.3 Å². The molecule has 0 aliphatic carbocycles. The Balaban J connectivity index is 2.44. The molecular weight excluding hydrogens is 320 g/mol. The molecule has 0 saturated heterocycles. The minimum absolute atomic E-state index is 0.0165. The van der Waals surface area contributed by atoms with E-state index in [1.807, 2.05) is 0 Å². The maximum Gasteiger partial charge on any atom is 0.315 e. The largest absolute Gasteiger partial charge is 0.497 e. The van der Waals surface area contributed by atoms with Crippen LogP contribution in [0.5, 0.6) is 5.75 Å². The first-order chi connectivity index (χ1) is 11.4. The van der Waals surface area contributed by atoms with E-state index in [-0.39, 0.29) is 18.4 Å². The number of aromatic amines is 1. The third kappa shape index (κ3) is 3.47. The third-order valence-corrected chi connectivity index (χ3v) is 3.77. The van der Waals surface area contributed by atoms with E-state index in [1.54, 1.807) is 25.1 Å². The van der Waals surface area contributed by atoms with Crippen LogP contribution in [0.15, 0.2) is 18.2 Å². The molecule has 0 aliphatic rings. The number of nitrogens with one attached hydrogen (secondary N) is 3. The standard InChI is InChI=1S/C16H19F2N3O3/c1-8(7-20-16(23)14(17)18)12-10-6-9(24-3)4-5-11(10)21-13(12)15(22)19-2/h4-6,8,14,21H,7H2,1-3H3,(H,19,22)(H,20,23)/t8-/m1/s1. The van der Waals surface area contributed by atoms with Gasteiger partial charge in [-0.1, -0.05) is 6.92 Å². The van der Waals surface area contributed by atoms with E-state index in [2.05, 4.69) is 15.6 Å².